The lowest BCUT2D eigenvalue weighted by molar-refractivity contribution is 0.0607. The highest BCUT2D eigenvalue weighted by molar-refractivity contribution is 7.18. The van der Waals surface area contributed by atoms with E-state index >= 15 is 0 Å². The van der Waals surface area contributed by atoms with Crippen LogP contribution in [0.2, 0.25) is 0 Å². The molecular weight excluding hydrogens is 226 g/mol. The molecule has 0 fully saturated rings. The molecule has 0 spiro atoms. The summed E-state index contributed by atoms with van der Waals surface area (Å²) in [7, 11) is 1.34. The van der Waals surface area contributed by atoms with Crippen LogP contribution < -0.4 is 5.73 Å². The Morgan fingerprint density at radius 1 is 1.56 bits per heavy atom. The number of nitrogen functional groups attached to an aromatic ring is 1. The molecule has 0 aromatic carbocycles. The Kier molecular flexibility index (Phi) is 2.70. The average Bonchev–Trinajstić information content (AvgIpc) is 2.89. The van der Waals surface area contributed by atoms with E-state index in [4.69, 9.17) is 10.2 Å². The van der Waals surface area contributed by atoms with Gasteiger partial charge in [-0.3, -0.25) is 0 Å². The fourth-order valence-corrected chi connectivity index (χ4v) is 2.53. The Morgan fingerprint density at radius 2 is 2.31 bits per heavy atom. The highest BCUT2D eigenvalue weighted by atomic mass is 32.1. The van der Waals surface area contributed by atoms with Gasteiger partial charge in [0.15, 0.2) is 0 Å². The molecule has 16 heavy (non-hydrogen) atoms. The number of hydrogen-bond donors (Lipinski definition) is 1. The largest absolute Gasteiger partial charge is 0.465 e. The number of methoxy groups -OCH3 is 1. The molecule has 84 valence electrons. The predicted molar refractivity (Wildman–Crippen MR) is 62.5 cm³/mol. The SMILES string of the molecule is COC(=O)c1sc(-c2ccco2)c(C)c1N. The zero-order chi connectivity index (χ0) is 11.7. The van der Waals surface area contributed by atoms with Crippen molar-refractivity contribution in [2.75, 3.05) is 12.8 Å². The Hall–Kier alpha value is -1.75. The number of furan rings is 1. The molecule has 2 aromatic rings. The summed E-state index contributed by atoms with van der Waals surface area (Å²) in [5.74, 6) is 0.299. The van der Waals surface area contributed by atoms with Crippen molar-refractivity contribution in [3.63, 3.8) is 0 Å². The van der Waals surface area contributed by atoms with Crippen molar-refractivity contribution in [3.05, 3.63) is 28.8 Å². The van der Waals surface area contributed by atoms with Crippen LogP contribution in [-0.2, 0) is 4.74 Å². The summed E-state index contributed by atoms with van der Waals surface area (Å²) in [5.41, 5.74) is 7.16. The first-order valence-corrected chi connectivity index (χ1v) is 5.48. The molecule has 2 rings (SSSR count). The van der Waals surface area contributed by atoms with Crippen LogP contribution in [0.25, 0.3) is 10.6 Å². The zero-order valence-electron chi connectivity index (χ0n) is 8.94. The van der Waals surface area contributed by atoms with E-state index in [2.05, 4.69) is 4.74 Å². The number of rotatable bonds is 2. The van der Waals surface area contributed by atoms with Gasteiger partial charge in [0.05, 0.1) is 23.9 Å². The summed E-state index contributed by atoms with van der Waals surface area (Å²) < 4.78 is 9.95. The number of anilines is 1. The van der Waals surface area contributed by atoms with E-state index in [0.717, 1.165) is 10.4 Å². The molecule has 0 aliphatic rings. The van der Waals surface area contributed by atoms with E-state index in [0.29, 0.717) is 16.3 Å². The first kappa shape index (κ1) is 10.8. The summed E-state index contributed by atoms with van der Waals surface area (Å²) >= 11 is 1.28. The number of thiophene rings is 1. The first-order chi connectivity index (χ1) is 7.65. The van der Waals surface area contributed by atoms with Crippen LogP contribution in [0.1, 0.15) is 15.2 Å². The normalized spacial score (nSPS) is 10.4. The smallest absolute Gasteiger partial charge is 0.350 e. The molecule has 5 heteroatoms. The van der Waals surface area contributed by atoms with Gasteiger partial charge in [0.2, 0.25) is 0 Å². The van der Waals surface area contributed by atoms with E-state index in [1.807, 2.05) is 13.0 Å². The van der Waals surface area contributed by atoms with Crippen molar-refractivity contribution in [3.8, 4) is 10.6 Å². The van der Waals surface area contributed by atoms with Gasteiger partial charge in [0.1, 0.15) is 10.6 Å². The summed E-state index contributed by atoms with van der Waals surface area (Å²) in [6.45, 7) is 1.86. The fourth-order valence-electron chi connectivity index (χ4n) is 1.41. The van der Waals surface area contributed by atoms with Crippen LogP contribution in [-0.4, -0.2) is 13.1 Å². The van der Waals surface area contributed by atoms with Gasteiger partial charge in [0.25, 0.3) is 0 Å². The van der Waals surface area contributed by atoms with Crippen LogP contribution in [0.15, 0.2) is 22.8 Å². The quantitative estimate of drug-likeness (QED) is 0.815. The van der Waals surface area contributed by atoms with Crippen LogP contribution in [0.4, 0.5) is 5.69 Å². The lowest BCUT2D eigenvalue weighted by Crippen LogP contribution is -2.01. The van der Waals surface area contributed by atoms with Gasteiger partial charge in [-0.25, -0.2) is 4.79 Å². The third-order valence-corrected chi connectivity index (χ3v) is 3.61. The molecule has 0 unspecified atom stereocenters. The molecule has 2 N–H and O–H groups in total. The predicted octanol–water partition coefficient (Wildman–Crippen LogP) is 2.69. The van der Waals surface area contributed by atoms with Gasteiger partial charge < -0.3 is 14.9 Å². The van der Waals surface area contributed by atoms with Crippen LogP contribution in [0.5, 0.6) is 0 Å². The van der Waals surface area contributed by atoms with Crippen molar-refractivity contribution in [1.29, 1.82) is 0 Å². The maximum atomic E-state index is 11.4. The number of carbonyl (C=O) groups excluding carboxylic acids is 1. The molecule has 2 heterocycles. The van der Waals surface area contributed by atoms with Gasteiger partial charge in [-0.1, -0.05) is 0 Å². The maximum Gasteiger partial charge on any atom is 0.350 e. The number of nitrogens with two attached hydrogens (primary N) is 1. The minimum Gasteiger partial charge on any atom is -0.465 e. The molecule has 0 atom stereocenters. The molecule has 0 amide bonds. The van der Waals surface area contributed by atoms with E-state index < -0.39 is 5.97 Å². The van der Waals surface area contributed by atoms with Crippen molar-refractivity contribution < 1.29 is 13.9 Å². The van der Waals surface area contributed by atoms with E-state index in [9.17, 15) is 4.79 Å². The Bertz CT molecular complexity index is 514. The molecule has 4 nitrogen and oxygen atoms in total. The Morgan fingerprint density at radius 3 is 2.88 bits per heavy atom. The summed E-state index contributed by atoms with van der Waals surface area (Å²) in [5, 5.41) is 0. The molecule has 0 aliphatic heterocycles. The topological polar surface area (TPSA) is 65.5 Å². The molecular formula is C11H11NO3S. The standard InChI is InChI=1S/C11H11NO3S/c1-6-8(12)10(11(13)14-2)16-9(6)7-4-3-5-15-7/h3-5H,12H2,1-2H3. The second-order valence-corrected chi connectivity index (χ2v) is 4.29. The first-order valence-electron chi connectivity index (χ1n) is 4.66. The average molecular weight is 237 g/mol. The van der Waals surface area contributed by atoms with Crippen molar-refractivity contribution in [2.45, 2.75) is 6.92 Å². The third kappa shape index (κ3) is 1.59. The second kappa shape index (κ2) is 4.02. The molecule has 0 bridgehead atoms. The van der Waals surface area contributed by atoms with Crippen molar-refractivity contribution in [1.82, 2.24) is 0 Å². The molecule has 2 aromatic heterocycles. The van der Waals surface area contributed by atoms with Gasteiger partial charge in [-0.2, -0.15) is 0 Å². The number of esters is 1. The van der Waals surface area contributed by atoms with Gasteiger partial charge in [0, 0.05) is 0 Å². The lowest BCUT2D eigenvalue weighted by atomic mass is 10.2. The molecule has 0 radical (unpaired) electrons. The van der Waals surface area contributed by atoms with Gasteiger partial charge in [-0.05, 0) is 24.6 Å². The molecule has 0 aliphatic carbocycles. The highest BCUT2D eigenvalue weighted by Gasteiger charge is 2.20. The highest BCUT2D eigenvalue weighted by Crippen LogP contribution is 2.38. The molecule has 0 saturated carbocycles. The van der Waals surface area contributed by atoms with E-state index in [1.165, 1.54) is 18.4 Å². The molecule has 0 saturated heterocycles. The summed E-state index contributed by atoms with van der Waals surface area (Å²) in [6.07, 6.45) is 1.59. The monoisotopic (exact) mass is 237 g/mol. The van der Waals surface area contributed by atoms with Crippen LogP contribution in [0, 0.1) is 6.92 Å². The van der Waals surface area contributed by atoms with Crippen molar-refractivity contribution >= 4 is 23.0 Å². The Balaban J connectivity index is 2.54. The summed E-state index contributed by atoms with van der Waals surface area (Å²) in [6, 6.07) is 3.63. The number of carbonyl (C=O) groups is 1. The Labute approximate surface area is 96.6 Å². The second-order valence-electron chi connectivity index (χ2n) is 3.27. The lowest BCUT2D eigenvalue weighted by Gasteiger charge is -1.96. The fraction of sp³-hybridized carbons (Fsp3) is 0.182. The van der Waals surface area contributed by atoms with Gasteiger partial charge >= 0.3 is 5.97 Å². The summed E-state index contributed by atoms with van der Waals surface area (Å²) in [4.78, 5) is 12.7. The van der Waals surface area contributed by atoms with Gasteiger partial charge in [-0.15, -0.1) is 11.3 Å². The van der Waals surface area contributed by atoms with Crippen LogP contribution >= 0.6 is 11.3 Å². The minimum absolute atomic E-state index is 0.414. The zero-order valence-corrected chi connectivity index (χ0v) is 9.76. The minimum atomic E-state index is -0.414. The third-order valence-electron chi connectivity index (χ3n) is 2.31. The van der Waals surface area contributed by atoms with Crippen LogP contribution in [0.3, 0.4) is 0 Å². The van der Waals surface area contributed by atoms with Crippen molar-refractivity contribution in [2.24, 2.45) is 0 Å². The van der Waals surface area contributed by atoms with E-state index in [1.54, 1.807) is 12.3 Å². The van der Waals surface area contributed by atoms with E-state index in [-0.39, 0.29) is 0 Å². The number of hydrogen-bond acceptors (Lipinski definition) is 5. The number of ether oxygens (including phenoxy) is 1. The maximum absolute atomic E-state index is 11.4.